The molecule has 296 valence electrons. The van der Waals surface area contributed by atoms with Gasteiger partial charge in [-0.15, -0.1) is 0 Å². The summed E-state index contributed by atoms with van der Waals surface area (Å²) in [5.74, 6) is -0.993. The van der Waals surface area contributed by atoms with E-state index in [0.29, 0.717) is 60.4 Å². The van der Waals surface area contributed by atoms with Crippen LogP contribution in [-0.2, 0) is 15.9 Å². The molecule has 4 fully saturated rings. The molecule has 5 atom stereocenters. The van der Waals surface area contributed by atoms with Gasteiger partial charge in [-0.05, 0) is 107 Å². The zero-order valence-corrected chi connectivity index (χ0v) is 32.5. The number of hydrogen-bond donors (Lipinski definition) is 2. The number of aromatic hydroxyl groups is 1. The van der Waals surface area contributed by atoms with Crippen molar-refractivity contribution in [1.29, 1.82) is 0 Å². The van der Waals surface area contributed by atoms with Crippen LogP contribution in [-0.4, -0.2) is 107 Å². The number of pyridine rings is 1. The number of aryl methyl sites for hydroxylation is 1. The fraction of sp³-hybridized carbons (Fsp3) is 0.595. The van der Waals surface area contributed by atoms with Gasteiger partial charge in [0.15, 0.2) is 5.82 Å². The third kappa shape index (κ3) is 7.06. The number of ether oxygens (including phenoxy) is 4. The van der Waals surface area contributed by atoms with E-state index in [9.17, 15) is 10.2 Å². The number of aliphatic hydroxyl groups is 1. The van der Waals surface area contributed by atoms with E-state index in [-0.39, 0.29) is 70.6 Å². The molecule has 4 aromatic rings. The highest BCUT2D eigenvalue weighted by molar-refractivity contribution is 6.03. The van der Waals surface area contributed by atoms with Crippen molar-refractivity contribution in [1.82, 2.24) is 19.9 Å². The van der Waals surface area contributed by atoms with Gasteiger partial charge in [-0.25, -0.2) is 13.8 Å². The predicted octanol–water partition coefficient (Wildman–Crippen LogP) is 6.96. The molecule has 8 rings (SSSR count). The summed E-state index contributed by atoms with van der Waals surface area (Å²) < 4.78 is 57.0. The summed E-state index contributed by atoms with van der Waals surface area (Å²) in [5, 5.41) is 23.2. The van der Waals surface area contributed by atoms with Crippen LogP contribution in [0, 0.1) is 17.0 Å². The predicted molar refractivity (Wildman–Crippen MR) is 206 cm³/mol. The van der Waals surface area contributed by atoms with Crippen molar-refractivity contribution in [3.05, 3.63) is 41.5 Å². The Morgan fingerprint density at radius 3 is 2.56 bits per heavy atom. The highest BCUT2D eigenvalue weighted by Crippen LogP contribution is 2.50. The Labute approximate surface area is 321 Å². The third-order valence-electron chi connectivity index (χ3n) is 12.4. The van der Waals surface area contributed by atoms with Crippen molar-refractivity contribution in [2.24, 2.45) is 5.41 Å². The Kier molecular flexibility index (Phi) is 10.3. The van der Waals surface area contributed by atoms with E-state index in [1.807, 2.05) is 11.8 Å². The second-order valence-electron chi connectivity index (χ2n) is 16.6. The fourth-order valence-electron chi connectivity index (χ4n) is 10.2. The zero-order chi connectivity index (χ0) is 38.6. The van der Waals surface area contributed by atoms with Gasteiger partial charge in [-0.1, -0.05) is 19.4 Å². The van der Waals surface area contributed by atoms with Crippen molar-refractivity contribution in [3.63, 3.8) is 0 Å². The standard InChI is InChI=1S/C42H53F2N5O6/c1-6-29-31(43)11-10-26-19-28(50)20-30(33(26)29)36-35(44)37-34(39(45-36)52-5)38(48-15-16-53-22-41(4,51)21-48)47-40(46-37)54-23-42-12-7-9-32(42)49(14-8-13-42)27-17-24(2)55-25(3)18-27/h10-11,19-20,24-25,27,32,50-51H,6-9,12-18,21-23H2,1-5H3. The summed E-state index contributed by atoms with van der Waals surface area (Å²) in [7, 11) is 1.44. The van der Waals surface area contributed by atoms with Crippen LogP contribution in [0.3, 0.4) is 0 Å². The van der Waals surface area contributed by atoms with E-state index in [1.54, 1.807) is 13.0 Å². The van der Waals surface area contributed by atoms with E-state index in [0.717, 1.165) is 51.5 Å². The number of rotatable bonds is 8. The first-order chi connectivity index (χ1) is 26.4. The summed E-state index contributed by atoms with van der Waals surface area (Å²) in [6.07, 6.45) is 8.09. The third-order valence-corrected chi connectivity index (χ3v) is 12.4. The molecule has 1 saturated carbocycles. The number of piperidine rings is 1. The molecule has 55 heavy (non-hydrogen) atoms. The largest absolute Gasteiger partial charge is 0.508 e. The minimum absolute atomic E-state index is 0.0110. The second kappa shape index (κ2) is 14.9. The number of phenols is 1. The number of likely N-dealkylation sites (tertiary alicyclic amines) is 1. The van der Waals surface area contributed by atoms with E-state index in [4.69, 9.17) is 28.9 Å². The second-order valence-corrected chi connectivity index (χ2v) is 16.6. The molecule has 4 aliphatic rings. The number of halogens is 2. The number of nitrogens with zero attached hydrogens (tertiary/aromatic N) is 5. The maximum atomic E-state index is 17.4. The van der Waals surface area contributed by atoms with Crippen molar-refractivity contribution in [2.75, 3.05) is 51.5 Å². The van der Waals surface area contributed by atoms with Crippen LogP contribution in [0.25, 0.3) is 32.9 Å². The highest BCUT2D eigenvalue weighted by Gasteiger charge is 2.51. The quantitative estimate of drug-likeness (QED) is 0.194. The SMILES string of the molecule is CCc1c(F)ccc2cc(O)cc(-c3nc(OC)c4c(N5CCOCC(C)(O)C5)nc(OCC56CCCC5N(C5CC(C)OC(C)C5)CCC6)nc4c3F)c12. The number of anilines is 1. The number of benzene rings is 2. The summed E-state index contributed by atoms with van der Waals surface area (Å²) in [6, 6.07) is 6.65. The van der Waals surface area contributed by atoms with Gasteiger partial charge in [0.2, 0.25) is 5.88 Å². The van der Waals surface area contributed by atoms with Crippen molar-refractivity contribution in [2.45, 2.75) is 109 Å². The molecule has 11 nitrogen and oxygen atoms in total. The number of methoxy groups -OCH3 is 1. The van der Waals surface area contributed by atoms with Gasteiger partial charge in [-0.3, -0.25) is 4.90 Å². The van der Waals surface area contributed by atoms with E-state index in [2.05, 4.69) is 23.7 Å². The van der Waals surface area contributed by atoms with Gasteiger partial charge < -0.3 is 34.1 Å². The minimum Gasteiger partial charge on any atom is -0.508 e. The summed E-state index contributed by atoms with van der Waals surface area (Å²) >= 11 is 0. The number of β-amino-alcohol motifs (C(OH)–C–C–N with tert-alkyl or cyclic N) is 1. The van der Waals surface area contributed by atoms with Crippen LogP contribution in [0.1, 0.15) is 78.2 Å². The molecular weight excluding hydrogens is 708 g/mol. The van der Waals surface area contributed by atoms with Gasteiger partial charge in [-0.2, -0.15) is 9.97 Å². The van der Waals surface area contributed by atoms with Gasteiger partial charge in [0.25, 0.3) is 0 Å². The average Bonchev–Trinajstić information content (AvgIpc) is 3.50. The van der Waals surface area contributed by atoms with Crippen molar-refractivity contribution < 1.29 is 37.9 Å². The molecule has 3 aliphatic heterocycles. The topological polar surface area (TPSA) is 123 Å². The maximum Gasteiger partial charge on any atom is 0.319 e. The zero-order valence-electron chi connectivity index (χ0n) is 32.5. The molecule has 5 heterocycles. The smallest absolute Gasteiger partial charge is 0.319 e. The Morgan fingerprint density at radius 2 is 1.80 bits per heavy atom. The summed E-state index contributed by atoms with van der Waals surface area (Å²) in [4.78, 5) is 18.9. The van der Waals surface area contributed by atoms with E-state index < -0.39 is 17.2 Å². The molecule has 5 unspecified atom stereocenters. The molecule has 2 aromatic carbocycles. The van der Waals surface area contributed by atoms with Crippen LogP contribution < -0.4 is 14.4 Å². The molecule has 13 heteroatoms. The van der Waals surface area contributed by atoms with Crippen molar-refractivity contribution >= 4 is 27.5 Å². The van der Waals surface area contributed by atoms with E-state index in [1.165, 1.54) is 25.3 Å². The molecule has 0 spiro atoms. The number of phenolic OH excluding ortho intramolecular Hbond substituents is 1. The minimum atomic E-state index is -1.23. The lowest BCUT2D eigenvalue weighted by atomic mass is 9.74. The van der Waals surface area contributed by atoms with E-state index >= 15 is 8.78 Å². The van der Waals surface area contributed by atoms with Gasteiger partial charge in [0, 0.05) is 29.6 Å². The monoisotopic (exact) mass is 761 g/mol. The van der Waals surface area contributed by atoms with Crippen LogP contribution in [0.5, 0.6) is 17.6 Å². The Morgan fingerprint density at radius 1 is 1.02 bits per heavy atom. The van der Waals surface area contributed by atoms with Gasteiger partial charge in [0.1, 0.15) is 39.6 Å². The van der Waals surface area contributed by atoms with Crippen LogP contribution in [0.2, 0.25) is 0 Å². The Bertz CT molecular complexity index is 2070. The average molecular weight is 762 g/mol. The molecule has 2 N–H and O–H groups in total. The normalized spacial score (nSPS) is 29.1. The molecule has 0 bridgehead atoms. The first-order valence-electron chi connectivity index (χ1n) is 19.9. The fourth-order valence-corrected chi connectivity index (χ4v) is 10.2. The molecular formula is C42H53F2N5O6. The molecule has 1 aliphatic carbocycles. The van der Waals surface area contributed by atoms with Crippen LogP contribution in [0.4, 0.5) is 14.6 Å². The molecule has 2 aromatic heterocycles. The Hall–Kier alpha value is -3.91. The molecule has 0 amide bonds. The van der Waals surface area contributed by atoms with Gasteiger partial charge in [0.05, 0.1) is 45.7 Å². The molecule has 3 saturated heterocycles. The Balaban J connectivity index is 1.25. The van der Waals surface area contributed by atoms with Crippen LogP contribution in [0.15, 0.2) is 24.3 Å². The van der Waals surface area contributed by atoms with Gasteiger partial charge >= 0.3 is 6.01 Å². The first-order valence-corrected chi connectivity index (χ1v) is 19.9. The van der Waals surface area contributed by atoms with Crippen LogP contribution >= 0.6 is 0 Å². The highest BCUT2D eigenvalue weighted by atomic mass is 19.1. The lowest BCUT2D eigenvalue weighted by molar-refractivity contribution is -0.0967. The lowest BCUT2D eigenvalue weighted by Gasteiger charge is -2.51. The lowest BCUT2D eigenvalue weighted by Crippen LogP contribution is -2.57. The number of aromatic nitrogens is 3. The summed E-state index contributed by atoms with van der Waals surface area (Å²) in [5.41, 5.74) is -0.982. The van der Waals surface area contributed by atoms with Crippen molar-refractivity contribution in [3.8, 4) is 28.9 Å². The first kappa shape index (κ1) is 38.0. The molecule has 0 radical (unpaired) electrons. The summed E-state index contributed by atoms with van der Waals surface area (Å²) in [6.45, 7) is 10.2. The maximum absolute atomic E-state index is 17.4. The number of hydrogen-bond acceptors (Lipinski definition) is 11. The number of fused-ring (bicyclic) bond motifs is 3.